The first-order valence-electron chi connectivity index (χ1n) is 7.34. The molecule has 0 radical (unpaired) electrons. The van der Waals surface area contributed by atoms with Crippen LogP contribution in [0.25, 0.3) is 0 Å². The summed E-state index contributed by atoms with van der Waals surface area (Å²) in [5.41, 5.74) is 0. The summed E-state index contributed by atoms with van der Waals surface area (Å²) in [5, 5.41) is 3.26. The summed E-state index contributed by atoms with van der Waals surface area (Å²) in [6, 6.07) is 0. The van der Waals surface area contributed by atoms with Gasteiger partial charge in [0.15, 0.2) is 0 Å². The van der Waals surface area contributed by atoms with Gasteiger partial charge in [-0.25, -0.2) is 0 Å². The molecule has 0 aromatic heterocycles. The van der Waals surface area contributed by atoms with Crippen LogP contribution in [-0.2, 0) is 14.3 Å². The maximum Gasteiger partial charge on any atom is 0.249 e. The summed E-state index contributed by atoms with van der Waals surface area (Å²) in [6.45, 7) is 4.68. The molecule has 0 aromatic rings. The molecular formula is C14H27N3O3. The molecule has 2 amide bonds. The van der Waals surface area contributed by atoms with Crippen molar-refractivity contribution in [3.05, 3.63) is 0 Å². The van der Waals surface area contributed by atoms with Gasteiger partial charge in [0.1, 0.15) is 6.61 Å². The molecule has 20 heavy (non-hydrogen) atoms. The Morgan fingerprint density at radius 1 is 1.20 bits per heavy atom. The molecule has 0 atom stereocenters. The number of piperidine rings is 1. The molecule has 6 heteroatoms. The van der Waals surface area contributed by atoms with Crippen molar-refractivity contribution >= 4 is 11.8 Å². The van der Waals surface area contributed by atoms with Crippen molar-refractivity contribution in [2.24, 2.45) is 0 Å². The molecule has 1 heterocycles. The van der Waals surface area contributed by atoms with E-state index in [2.05, 4.69) is 5.32 Å². The van der Waals surface area contributed by atoms with E-state index >= 15 is 0 Å². The van der Waals surface area contributed by atoms with E-state index < -0.39 is 0 Å². The van der Waals surface area contributed by atoms with Gasteiger partial charge in [-0.05, 0) is 32.4 Å². The highest BCUT2D eigenvalue weighted by atomic mass is 16.5. The van der Waals surface area contributed by atoms with Crippen LogP contribution in [0.2, 0.25) is 0 Å². The van der Waals surface area contributed by atoms with Crippen LogP contribution >= 0.6 is 0 Å². The molecular weight excluding hydrogens is 258 g/mol. The lowest BCUT2D eigenvalue weighted by molar-refractivity contribution is -0.144. The molecule has 6 nitrogen and oxygen atoms in total. The summed E-state index contributed by atoms with van der Waals surface area (Å²) in [6.07, 6.45) is 2.88. The van der Waals surface area contributed by atoms with Gasteiger partial charge in [0.25, 0.3) is 0 Å². The van der Waals surface area contributed by atoms with Crippen LogP contribution in [0.1, 0.15) is 26.2 Å². The van der Waals surface area contributed by atoms with Crippen molar-refractivity contribution in [2.45, 2.75) is 32.3 Å². The van der Waals surface area contributed by atoms with Crippen molar-refractivity contribution < 1.29 is 14.3 Å². The van der Waals surface area contributed by atoms with Crippen molar-refractivity contribution in [1.29, 1.82) is 0 Å². The minimum Gasteiger partial charge on any atom is -0.368 e. The zero-order valence-electron chi connectivity index (χ0n) is 12.9. The molecule has 1 aliphatic heterocycles. The summed E-state index contributed by atoms with van der Waals surface area (Å²) >= 11 is 0. The minimum atomic E-state index is -0.0967. The van der Waals surface area contributed by atoms with Crippen molar-refractivity contribution in [1.82, 2.24) is 15.1 Å². The first-order valence-corrected chi connectivity index (χ1v) is 7.34. The van der Waals surface area contributed by atoms with Crippen molar-refractivity contribution in [3.63, 3.8) is 0 Å². The molecule has 116 valence electrons. The third kappa shape index (κ3) is 5.88. The van der Waals surface area contributed by atoms with Gasteiger partial charge in [0, 0.05) is 20.6 Å². The normalized spacial score (nSPS) is 15.9. The lowest BCUT2D eigenvalue weighted by atomic mass is 10.1. The Labute approximate surface area is 121 Å². The van der Waals surface area contributed by atoms with Crippen LogP contribution in [0, 0.1) is 0 Å². The van der Waals surface area contributed by atoms with Gasteiger partial charge in [-0.15, -0.1) is 0 Å². The Balaban J connectivity index is 2.40. The number of likely N-dealkylation sites (N-methyl/N-ethyl adjacent to an activating group) is 1. The maximum absolute atomic E-state index is 12.1. The van der Waals surface area contributed by atoms with Gasteiger partial charge >= 0.3 is 0 Å². The third-order valence-corrected chi connectivity index (χ3v) is 3.40. The molecule has 0 bridgehead atoms. The van der Waals surface area contributed by atoms with Crippen LogP contribution in [0.3, 0.4) is 0 Å². The molecule has 0 spiro atoms. The molecule has 0 aromatic carbocycles. The predicted molar refractivity (Wildman–Crippen MR) is 77.4 cm³/mol. The monoisotopic (exact) mass is 285 g/mol. The Kier molecular flexibility index (Phi) is 7.54. The van der Waals surface area contributed by atoms with E-state index in [-0.39, 0.29) is 31.1 Å². The van der Waals surface area contributed by atoms with Crippen LogP contribution in [0.15, 0.2) is 0 Å². The summed E-state index contributed by atoms with van der Waals surface area (Å²) < 4.78 is 5.66. The fraction of sp³-hybridized carbons (Fsp3) is 0.857. The highest BCUT2D eigenvalue weighted by Crippen LogP contribution is 2.07. The van der Waals surface area contributed by atoms with Crippen LogP contribution in [0.5, 0.6) is 0 Å². The number of carbonyl (C=O) groups excluding carboxylic acids is 2. The quantitative estimate of drug-likeness (QED) is 0.720. The molecule has 1 rings (SSSR count). The zero-order valence-corrected chi connectivity index (χ0v) is 12.9. The number of amides is 2. The predicted octanol–water partition coefficient (Wildman–Crippen LogP) is 0.0818. The number of hydrogen-bond donors (Lipinski definition) is 1. The summed E-state index contributed by atoms with van der Waals surface area (Å²) in [7, 11) is 3.39. The van der Waals surface area contributed by atoms with E-state index in [0.717, 1.165) is 32.4 Å². The maximum atomic E-state index is 12.1. The van der Waals surface area contributed by atoms with E-state index in [1.54, 1.807) is 19.0 Å². The Bertz CT molecular complexity index is 315. The Morgan fingerprint density at radius 3 is 2.40 bits per heavy atom. The average molecular weight is 285 g/mol. The second kappa shape index (κ2) is 8.92. The van der Waals surface area contributed by atoms with Gasteiger partial charge in [0.05, 0.1) is 12.6 Å². The first kappa shape index (κ1) is 16.9. The minimum absolute atomic E-state index is 0.0614. The molecule has 1 saturated heterocycles. The van der Waals surface area contributed by atoms with E-state index in [9.17, 15) is 9.59 Å². The molecule has 0 unspecified atom stereocenters. The fourth-order valence-electron chi connectivity index (χ4n) is 2.11. The fourth-order valence-corrected chi connectivity index (χ4v) is 2.11. The van der Waals surface area contributed by atoms with Crippen LogP contribution in [0.4, 0.5) is 0 Å². The third-order valence-electron chi connectivity index (χ3n) is 3.40. The van der Waals surface area contributed by atoms with Crippen LogP contribution in [-0.4, -0.2) is 74.6 Å². The van der Waals surface area contributed by atoms with E-state index in [1.165, 1.54) is 4.90 Å². The summed E-state index contributed by atoms with van der Waals surface area (Å²) in [5.74, 6) is -0.158. The van der Waals surface area contributed by atoms with Crippen molar-refractivity contribution in [2.75, 3.05) is 46.9 Å². The molecule has 0 aliphatic carbocycles. The van der Waals surface area contributed by atoms with Gasteiger partial charge in [-0.1, -0.05) is 6.92 Å². The molecule has 0 saturated carbocycles. The second-order valence-corrected chi connectivity index (χ2v) is 5.36. The largest absolute Gasteiger partial charge is 0.368 e. The zero-order chi connectivity index (χ0) is 15.0. The number of carbonyl (C=O) groups is 2. The van der Waals surface area contributed by atoms with E-state index in [0.29, 0.717) is 6.54 Å². The first-order chi connectivity index (χ1) is 9.54. The lowest BCUT2D eigenvalue weighted by Gasteiger charge is -2.26. The number of nitrogens with one attached hydrogen (secondary N) is 1. The van der Waals surface area contributed by atoms with Gasteiger partial charge < -0.3 is 19.9 Å². The van der Waals surface area contributed by atoms with Gasteiger partial charge in [0.2, 0.25) is 11.8 Å². The Hall–Kier alpha value is -1.14. The van der Waals surface area contributed by atoms with E-state index in [4.69, 9.17) is 4.74 Å². The number of hydrogen-bond acceptors (Lipinski definition) is 4. The van der Waals surface area contributed by atoms with Gasteiger partial charge in [-0.3, -0.25) is 9.59 Å². The average Bonchev–Trinajstić information content (AvgIpc) is 2.45. The van der Waals surface area contributed by atoms with Gasteiger partial charge in [-0.2, -0.15) is 0 Å². The summed E-state index contributed by atoms with van der Waals surface area (Å²) in [4.78, 5) is 27.0. The number of rotatable bonds is 7. The highest BCUT2D eigenvalue weighted by molar-refractivity contribution is 5.85. The standard InChI is InChI=1S/C14H27N3O3/c1-4-9-17(10-13(18)16(2)3)14(19)11-20-12-5-7-15-8-6-12/h12,15H,4-11H2,1-3H3. The smallest absolute Gasteiger partial charge is 0.249 e. The topological polar surface area (TPSA) is 61.9 Å². The second-order valence-electron chi connectivity index (χ2n) is 5.36. The highest BCUT2D eigenvalue weighted by Gasteiger charge is 2.20. The number of ether oxygens (including phenoxy) is 1. The number of nitrogens with zero attached hydrogens (tertiary/aromatic N) is 2. The molecule has 1 aliphatic rings. The Morgan fingerprint density at radius 2 is 1.85 bits per heavy atom. The van der Waals surface area contributed by atoms with Crippen LogP contribution < -0.4 is 5.32 Å². The SMILES string of the molecule is CCCN(CC(=O)N(C)C)C(=O)COC1CCNCC1. The van der Waals surface area contributed by atoms with E-state index in [1.807, 2.05) is 6.92 Å². The van der Waals surface area contributed by atoms with Crippen molar-refractivity contribution in [3.8, 4) is 0 Å². The molecule has 1 fully saturated rings. The molecule has 1 N–H and O–H groups in total. The lowest BCUT2D eigenvalue weighted by Crippen LogP contribution is -2.43.